The maximum absolute atomic E-state index is 15.2. The second-order valence-corrected chi connectivity index (χ2v) is 10.1. The number of hydrogen-bond acceptors (Lipinski definition) is 1. The molecular formula is C28H32F6O. The fourth-order valence-corrected chi connectivity index (χ4v) is 5.93. The minimum Gasteiger partial charge on any atom is -0.403 e. The summed E-state index contributed by atoms with van der Waals surface area (Å²) in [5, 5.41) is 0. The molecule has 0 bridgehead atoms. The van der Waals surface area contributed by atoms with E-state index < -0.39 is 35.5 Å². The fraction of sp³-hybridized carbons (Fsp3) is 0.571. The quantitative estimate of drug-likeness (QED) is 0.273. The van der Waals surface area contributed by atoms with Gasteiger partial charge in [0.25, 0.3) is 0 Å². The summed E-state index contributed by atoms with van der Waals surface area (Å²) in [5.74, 6) is -2.75. The van der Waals surface area contributed by atoms with Crippen LogP contribution in [0.15, 0.2) is 24.3 Å². The van der Waals surface area contributed by atoms with Crippen molar-refractivity contribution in [3.63, 3.8) is 0 Å². The predicted molar refractivity (Wildman–Crippen MR) is 123 cm³/mol. The first kappa shape index (κ1) is 25.9. The Hall–Kier alpha value is -2.18. The van der Waals surface area contributed by atoms with Crippen LogP contribution in [0.3, 0.4) is 0 Å². The third kappa shape index (κ3) is 6.15. The Morgan fingerprint density at radius 3 is 2.20 bits per heavy atom. The van der Waals surface area contributed by atoms with Crippen LogP contribution in [0.4, 0.5) is 26.3 Å². The Labute approximate surface area is 202 Å². The molecule has 0 aliphatic heterocycles. The Balaban J connectivity index is 1.45. The van der Waals surface area contributed by atoms with Gasteiger partial charge in [-0.15, -0.1) is 13.2 Å². The number of rotatable bonds is 7. The molecule has 0 saturated heterocycles. The van der Waals surface area contributed by atoms with Crippen LogP contribution >= 0.6 is 0 Å². The van der Waals surface area contributed by atoms with E-state index in [-0.39, 0.29) is 36.3 Å². The van der Waals surface area contributed by atoms with Crippen LogP contribution in [-0.2, 0) is 12.8 Å². The van der Waals surface area contributed by atoms with Crippen molar-refractivity contribution < 1.29 is 31.1 Å². The number of benzene rings is 2. The zero-order chi connectivity index (χ0) is 25.2. The molecule has 4 rings (SSSR count). The van der Waals surface area contributed by atoms with Gasteiger partial charge in [0.15, 0.2) is 11.6 Å². The highest BCUT2D eigenvalue weighted by molar-refractivity contribution is 5.42. The molecule has 35 heavy (non-hydrogen) atoms. The first-order valence-electron chi connectivity index (χ1n) is 12.7. The molecule has 0 spiro atoms. The average molecular weight is 499 g/mol. The number of fused-ring (bicyclic) bond motifs is 1. The first-order chi connectivity index (χ1) is 16.7. The lowest BCUT2D eigenvalue weighted by Crippen LogP contribution is -2.21. The van der Waals surface area contributed by atoms with Gasteiger partial charge in [0.05, 0.1) is 0 Å². The third-order valence-electron chi connectivity index (χ3n) is 7.78. The Bertz CT molecular complexity index is 1000. The molecular weight excluding hydrogens is 466 g/mol. The molecule has 192 valence electrons. The summed E-state index contributed by atoms with van der Waals surface area (Å²) in [5.41, 5.74) is 1.27. The standard InChI is InChI=1S/C28H32F6O/c1-2-3-4-5-17-6-8-18(9-7-17)21-15-23(29)26(24(30)16-21)20-10-12-22-19(14-20)11-13-25(27(22)31)35-28(32,33)34/h11,13,15-18,20H,2-10,12,14H2,1H3. The van der Waals surface area contributed by atoms with Gasteiger partial charge in [-0.1, -0.05) is 38.7 Å². The Morgan fingerprint density at radius 2 is 1.57 bits per heavy atom. The molecule has 0 amide bonds. The third-order valence-corrected chi connectivity index (χ3v) is 7.78. The van der Waals surface area contributed by atoms with Crippen molar-refractivity contribution >= 4 is 0 Å². The monoisotopic (exact) mass is 498 g/mol. The zero-order valence-electron chi connectivity index (χ0n) is 20.0. The van der Waals surface area contributed by atoms with Gasteiger partial charge >= 0.3 is 6.36 Å². The van der Waals surface area contributed by atoms with E-state index in [2.05, 4.69) is 11.7 Å². The van der Waals surface area contributed by atoms with E-state index in [1.165, 1.54) is 43.9 Å². The van der Waals surface area contributed by atoms with Crippen molar-refractivity contribution in [2.24, 2.45) is 5.92 Å². The van der Waals surface area contributed by atoms with Crippen molar-refractivity contribution in [1.29, 1.82) is 0 Å². The maximum Gasteiger partial charge on any atom is 0.573 e. The van der Waals surface area contributed by atoms with Crippen LogP contribution in [0.25, 0.3) is 0 Å². The summed E-state index contributed by atoms with van der Waals surface area (Å²) in [6.45, 7) is 2.19. The lowest BCUT2D eigenvalue weighted by Gasteiger charge is -2.30. The predicted octanol–water partition coefficient (Wildman–Crippen LogP) is 9.13. The van der Waals surface area contributed by atoms with E-state index in [1.807, 2.05) is 0 Å². The van der Waals surface area contributed by atoms with E-state index in [0.29, 0.717) is 17.0 Å². The Morgan fingerprint density at radius 1 is 0.886 bits per heavy atom. The molecule has 7 heteroatoms. The van der Waals surface area contributed by atoms with Crippen LogP contribution in [0.5, 0.6) is 5.75 Å². The topological polar surface area (TPSA) is 9.23 Å². The van der Waals surface area contributed by atoms with Gasteiger partial charge in [0.1, 0.15) is 11.6 Å². The van der Waals surface area contributed by atoms with E-state index in [4.69, 9.17) is 0 Å². The highest BCUT2D eigenvalue weighted by Crippen LogP contribution is 2.42. The van der Waals surface area contributed by atoms with Gasteiger partial charge in [-0.3, -0.25) is 0 Å². The lowest BCUT2D eigenvalue weighted by atomic mass is 9.75. The summed E-state index contributed by atoms with van der Waals surface area (Å²) in [6, 6.07) is 5.20. The molecule has 0 N–H and O–H groups in total. The minimum absolute atomic E-state index is 0.0105. The summed E-state index contributed by atoms with van der Waals surface area (Å²) in [6.07, 6.45) is 4.48. The SMILES string of the molecule is CCCCCC1CCC(c2cc(F)c(C3CCc4c(ccc(OC(F)(F)F)c4F)C3)c(F)c2)CC1. The van der Waals surface area contributed by atoms with Crippen LogP contribution in [0.1, 0.15) is 98.8 Å². The number of unbranched alkanes of at least 4 members (excludes halogenated alkanes) is 2. The fourth-order valence-electron chi connectivity index (χ4n) is 5.93. The first-order valence-corrected chi connectivity index (χ1v) is 12.7. The zero-order valence-corrected chi connectivity index (χ0v) is 20.0. The minimum atomic E-state index is -4.99. The molecule has 1 saturated carbocycles. The van der Waals surface area contributed by atoms with Gasteiger partial charge in [0.2, 0.25) is 0 Å². The molecule has 0 radical (unpaired) electrons. The lowest BCUT2D eigenvalue weighted by molar-refractivity contribution is -0.275. The van der Waals surface area contributed by atoms with Gasteiger partial charge in [0, 0.05) is 5.56 Å². The Kier molecular flexibility index (Phi) is 8.02. The van der Waals surface area contributed by atoms with E-state index in [0.717, 1.165) is 31.7 Å². The second-order valence-electron chi connectivity index (χ2n) is 10.1. The molecule has 1 fully saturated rings. The van der Waals surface area contributed by atoms with Gasteiger partial charge in [-0.25, -0.2) is 13.2 Å². The summed E-state index contributed by atoms with van der Waals surface area (Å²) in [4.78, 5) is 0. The highest BCUT2D eigenvalue weighted by Gasteiger charge is 2.35. The average Bonchev–Trinajstić information content (AvgIpc) is 2.80. The molecule has 2 aromatic carbocycles. The van der Waals surface area contributed by atoms with Crippen LogP contribution in [0, 0.1) is 23.4 Å². The van der Waals surface area contributed by atoms with Crippen molar-refractivity contribution in [3.8, 4) is 5.75 Å². The van der Waals surface area contributed by atoms with Gasteiger partial charge in [-0.05, 0) is 97.6 Å². The normalized spacial score (nSPS) is 22.7. The molecule has 0 aromatic heterocycles. The van der Waals surface area contributed by atoms with E-state index in [9.17, 15) is 17.6 Å². The summed E-state index contributed by atoms with van der Waals surface area (Å²) < 4.78 is 86.2. The maximum atomic E-state index is 15.2. The molecule has 2 aliphatic rings. The van der Waals surface area contributed by atoms with Crippen LogP contribution in [-0.4, -0.2) is 6.36 Å². The van der Waals surface area contributed by atoms with E-state index in [1.54, 1.807) is 0 Å². The largest absolute Gasteiger partial charge is 0.573 e. The van der Waals surface area contributed by atoms with Crippen molar-refractivity contribution in [2.45, 2.75) is 95.8 Å². The van der Waals surface area contributed by atoms with Gasteiger partial charge in [-0.2, -0.15) is 0 Å². The van der Waals surface area contributed by atoms with Gasteiger partial charge < -0.3 is 4.74 Å². The molecule has 2 aliphatic carbocycles. The van der Waals surface area contributed by atoms with Crippen molar-refractivity contribution in [2.75, 3.05) is 0 Å². The smallest absolute Gasteiger partial charge is 0.403 e. The molecule has 1 unspecified atom stereocenters. The van der Waals surface area contributed by atoms with Crippen LogP contribution < -0.4 is 4.74 Å². The summed E-state index contributed by atoms with van der Waals surface area (Å²) >= 11 is 0. The molecule has 1 nitrogen and oxygen atoms in total. The van der Waals surface area contributed by atoms with Crippen molar-refractivity contribution in [3.05, 3.63) is 64.0 Å². The van der Waals surface area contributed by atoms with Crippen molar-refractivity contribution in [1.82, 2.24) is 0 Å². The number of ether oxygens (including phenoxy) is 1. The number of hydrogen-bond donors (Lipinski definition) is 0. The second kappa shape index (κ2) is 10.8. The van der Waals surface area contributed by atoms with Crippen LogP contribution in [0.2, 0.25) is 0 Å². The number of alkyl halides is 3. The molecule has 0 heterocycles. The summed E-state index contributed by atoms with van der Waals surface area (Å²) in [7, 11) is 0. The van der Waals surface area contributed by atoms with E-state index >= 15 is 8.78 Å². The number of halogens is 6. The molecule has 1 atom stereocenters. The highest BCUT2D eigenvalue weighted by atomic mass is 19.4. The molecule has 2 aromatic rings.